The number of methoxy groups -OCH3 is 1. The number of rotatable bonds is 7. The molecule has 176 valence electrons. The molecule has 0 amide bonds. The van der Waals surface area contributed by atoms with Crippen LogP contribution < -0.4 is 4.57 Å². The molecule has 1 aromatic heterocycles. The van der Waals surface area contributed by atoms with Crippen LogP contribution in [0.1, 0.15) is 11.6 Å². The van der Waals surface area contributed by atoms with Gasteiger partial charge in [-0.2, -0.15) is 4.57 Å². The summed E-state index contributed by atoms with van der Waals surface area (Å²) >= 11 is 0. The van der Waals surface area contributed by atoms with E-state index in [2.05, 4.69) is 65.2 Å². The highest BCUT2D eigenvalue weighted by atomic mass is 16.5. The molecule has 0 aliphatic heterocycles. The number of nitrogens with zero attached hydrogens (tertiary/aromatic N) is 1. The molecule has 1 heterocycles. The topological polar surface area (TPSA) is 30.2 Å². The summed E-state index contributed by atoms with van der Waals surface area (Å²) in [6.45, 7) is 0. The predicted molar refractivity (Wildman–Crippen MR) is 144 cm³/mol. The van der Waals surface area contributed by atoms with E-state index in [0.29, 0.717) is 6.42 Å². The molecule has 0 saturated carbocycles. The van der Waals surface area contributed by atoms with E-state index in [1.807, 2.05) is 72.8 Å². The molecule has 36 heavy (non-hydrogen) atoms. The largest absolute Gasteiger partial charge is 0.464 e. The number of hydrogen-bond donors (Lipinski definition) is 0. The standard InChI is InChI=1S/C33H28NO2/c1-36-33(35)32(22-25-14-6-2-7-15-25)34-30(27-18-10-4-11-19-27)23-29(26-16-8-3-9-17-26)24-31(34)28-20-12-5-13-21-28/h2-21,23-24,32H,22H2,1H3/q+1/t32-/m0/s1. The summed E-state index contributed by atoms with van der Waals surface area (Å²) in [6.07, 6.45) is 0.516. The number of pyridine rings is 1. The normalized spacial score (nSPS) is 11.6. The van der Waals surface area contributed by atoms with Gasteiger partial charge in [0, 0.05) is 29.7 Å². The fourth-order valence-electron chi connectivity index (χ4n) is 4.65. The maximum absolute atomic E-state index is 13.4. The van der Waals surface area contributed by atoms with Gasteiger partial charge in [0.15, 0.2) is 0 Å². The van der Waals surface area contributed by atoms with Crippen molar-refractivity contribution in [1.29, 1.82) is 0 Å². The minimum atomic E-state index is -0.548. The zero-order valence-electron chi connectivity index (χ0n) is 20.2. The van der Waals surface area contributed by atoms with Gasteiger partial charge in [-0.25, -0.2) is 4.79 Å². The Kier molecular flexibility index (Phi) is 7.00. The number of carbonyl (C=O) groups excluding carboxylic acids is 1. The van der Waals surface area contributed by atoms with Crippen molar-refractivity contribution in [2.45, 2.75) is 12.5 Å². The van der Waals surface area contributed by atoms with E-state index in [1.165, 1.54) is 7.11 Å². The van der Waals surface area contributed by atoms with Crippen LogP contribution >= 0.6 is 0 Å². The van der Waals surface area contributed by atoms with Gasteiger partial charge in [0.2, 0.25) is 11.4 Å². The summed E-state index contributed by atoms with van der Waals surface area (Å²) in [5.41, 5.74) is 7.28. The number of esters is 1. The summed E-state index contributed by atoms with van der Waals surface area (Å²) in [4.78, 5) is 13.4. The van der Waals surface area contributed by atoms with Crippen LogP contribution in [0.2, 0.25) is 0 Å². The minimum Gasteiger partial charge on any atom is -0.464 e. The average molecular weight is 471 g/mol. The molecule has 0 N–H and O–H groups in total. The lowest BCUT2D eigenvalue weighted by Gasteiger charge is -2.19. The second-order valence-electron chi connectivity index (χ2n) is 8.71. The maximum atomic E-state index is 13.4. The lowest BCUT2D eigenvalue weighted by Crippen LogP contribution is -2.49. The lowest BCUT2D eigenvalue weighted by atomic mass is 9.96. The van der Waals surface area contributed by atoms with Gasteiger partial charge in [0.05, 0.1) is 7.11 Å². The monoisotopic (exact) mass is 470 g/mol. The summed E-state index contributed by atoms with van der Waals surface area (Å²) < 4.78 is 7.52. The molecule has 3 heteroatoms. The van der Waals surface area contributed by atoms with Gasteiger partial charge >= 0.3 is 5.97 Å². The molecule has 0 fully saturated rings. The van der Waals surface area contributed by atoms with Gasteiger partial charge < -0.3 is 4.74 Å². The summed E-state index contributed by atoms with van der Waals surface area (Å²) in [6, 6.07) is 44.8. The predicted octanol–water partition coefficient (Wildman–Crippen LogP) is 6.93. The lowest BCUT2D eigenvalue weighted by molar-refractivity contribution is -0.689. The van der Waals surface area contributed by atoms with Crippen LogP contribution in [0, 0.1) is 0 Å². The molecular formula is C33H28NO2+. The molecule has 0 saturated heterocycles. The number of benzene rings is 4. The summed E-state index contributed by atoms with van der Waals surface area (Å²) in [7, 11) is 1.46. The number of ether oxygens (including phenoxy) is 1. The van der Waals surface area contributed by atoms with Gasteiger partial charge in [-0.05, 0) is 41.0 Å². The third-order valence-corrected chi connectivity index (χ3v) is 6.41. The van der Waals surface area contributed by atoms with Crippen LogP contribution in [0.25, 0.3) is 33.6 Å². The Morgan fingerprint density at radius 1 is 0.611 bits per heavy atom. The van der Waals surface area contributed by atoms with Gasteiger partial charge in [0.1, 0.15) is 0 Å². The van der Waals surface area contributed by atoms with Crippen LogP contribution in [0.15, 0.2) is 133 Å². The van der Waals surface area contributed by atoms with E-state index < -0.39 is 6.04 Å². The Balaban J connectivity index is 1.82. The number of hydrogen-bond acceptors (Lipinski definition) is 2. The van der Waals surface area contributed by atoms with E-state index in [1.54, 1.807) is 0 Å². The van der Waals surface area contributed by atoms with Crippen molar-refractivity contribution < 1.29 is 14.1 Å². The van der Waals surface area contributed by atoms with Crippen molar-refractivity contribution >= 4 is 5.97 Å². The number of aromatic nitrogens is 1. The Morgan fingerprint density at radius 3 is 1.47 bits per heavy atom. The van der Waals surface area contributed by atoms with Crippen molar-refractivity contribution in [2.75, 3.05) is 7.11 Å². The quantitative estimate of drug-likeness (QED) is 0.191. The van der Waals surface area contributed by atoms with Crippen LogP contribution in [0.4, 0.5) is 0 Å². The van der Waals surface area contributed by atoms with E-state index >= 15 is 0 Å². The van der Waals surface area contributed by atoms with E-state index in [-0.39, 0.29) is 5.97 Å². The molecule has 3 nitrogen and oxygen atoms in total. The Bertz CT molecular complexity index is 1370. The zero-order valence-corrected chi connectivity index (χ0v) is 20.2. The van der Waals surface area contributed by atoms with E-state index in [9.17, 15) is 4.79 Å². The van der Waals surface area contributed by atoms with Crippen molar-refractivity contribution in [3.8, 4) is 33.6 Å². The molecule has 0 radical (unpaired) electrons. The summed E-state index contributed by atoms with van der Waals surface area (Å²) in [5.74, 6) is -0.273. The zero-order chi connectivity index (χ0) is 24.7. The molecule has 4 aromatic carbocycles. The first-order valence-electron chi connectivity index (χ1n) is 12.1. The fourth-order valence-corrected chi connectivity index (χ4v) is 4.65. The fraction of sp³-hybridized carbons (Fsp3) is 0.0909. The van der Waals surface area contributed by atoms with Crippen LogP contribution in [0.3, 0.4) is 0 Å². The molecule has 5 aromatic rings. The van der Waals surface area contributed by atoms with Crippen LogP contribution in [-0.2, 0) is 16.0 Å². The third-order valence-electron chi connectivity index (χ3n) is 6.41. The van der Waals surface area contributed by atoms with Crippen molar-refractivity contribution in [3.63, 3.8) is 0 Å². The number of carbonyl (C=O) groups is 1. The van der Waals surface area contributed by atoms with E-state index in [4.69, 9.17) is 4.74 Å². The van der Waals surface area contributed by atoms with Gasteiger partial charge in [0.25, 0.3) is 6.04 Å². The second kappa shape index (κ2) is 10.8. The average Bonchev–Trinajstić information content (AvgIpc) is 2.97. The third kappa shape index (κ3) is 4.96. The minimum absolute atomic E-state index is 0.273. The molecule has 0 unspecified atom stereocenters. The molecular weight excluding hydrogens is 442 g/mol. The Morgan fingerprint density at radius 2 is 1.03 bits per heavy atom. The van der Waals surface area contributed by atoms with Gasteiger partial charge in [-0.3, -0.25) is 0 Å². The van der Waals surface area contributed by atoms with E-state index in [0.717, 1.165) is 39.2 Å². The van der Waals surface area contributed by atoms with Crippen LogP contribution in [-0.4, -0.2) is 13.1 Å². The Hall–Kier alpha value is -4.50. The summed E-state index contributed by atoms with van der Waals surface area (Å²) in [5, 5.41) is 0. The molecule has 0 aliphatic rings. The molecule has 0 spiro atoms. The second-order valence-corrected chi connectivity index (χ2v) is 8.71. The smallest absolute Gasteiger partial charge is 0.376 e. The highest BCUT2D eigenvalue weighted by Crippen LogP contribution is 2.31. The van der Waals surface area contributed by atoms with Crippen molar-refractivity contribution in [2.24, 2.45) is 0 Å². The maximum Gasteiger partial charge on any atom is 0.376 e. The first-order chi connectivity index (χ1) is 17.7. The molecule has 5 rings (SSSR count). The molecule has 0 bridgehead atoms. The highest BCUT2D eigenvalue weighted by molar-refractivity contribution is 5.77. The van der Waals surface area contributed by atoms with Gasteiger partial charge in [-0.15, -0.1) is 0 Å². The Labute approximate surface area is 212 Å². The van der Waals surface area contributed by atoms with Crippen molar-refractivity contribution in [3.05, 3.63) is 139 Å². The first-order valence-corrected chi connectivity index (χ1v) is 12.1. The van der Waals surface area contributed by atoms with Gasteiger partial charge in [-0.1, -0.05) is 97.1 Å². The first kappa shape index (κ1) is 23.3. The van der Waals surface area contributed by atoms with Crippen LogP contribution in [0.5, 0.6) is 0 Å². The highest BCUT2D eigenvalue weighted by Gasteiger charge is 2.36. The SMILES string of the molecule is COC(=O)[C@H](Cc1ccccc1)[n+]1c(-c2ccccc2)cc(-c2ccccc2)cc1-c1ccccc1. The molecule has 1 atom stereocenters. The van der Waals surface area contributed by atoms with Crippen molar-refractivity contribution in [1.82, 2.24) is 0 Å². The molecule has 0 aliphatic carbocycles.